The predicted octanol–water partition coefficient (Wildman–Crippen LogP) is 2.26. The van der Waals surface area contributed by atoms with Gasteiger partial charge in [-0.1, -0.05) is 6.92 Å². The van der Waals surface area contributed by atoms with Crippen molar-refractivity contribution in [3.8, 4) is 0 Å². The number of esters is 1. The van der Waals surface area contributed by atoms with E-state index in [0.29, 0.717) is 6.54 Å². The van der Waals surface area contributed by atoms with E-state index in [-0.39, 0.29) is 12.4 Å². The van der Waals surface area contributed by atoms with E-state index in [1.807, 2.05) is 36.1 Å². The number of hydrogen-bond donors (Lipinski definition) is 1. The Morgan fingerprint density at radius 1 is 1.39 bits per heavy atom. The number of carbonyl (C=O) groups is 1. The second-order valence-electron chi connectivity index (χ2n) is 5.79. The average Bonchev–Trinajstić information content (AvgIpc) is 3.02. The van der Waals surface area contributed by atoms with Crippen molar-refractivity contribution in [2.24, 2.45) is 0 Å². The van der Waals surface area contributed by atoms with E-state index in [4.69, 9.17) is 4.74 Å². The third kappa shape index (κ3) is 4.63. The van der Waals surface area contributed by atoms with Gasteiger partial charge in [-0.2, -0.15) is 5.10 Å². The van der Waals surface area contributed by atoms with Crippen LogP contribution < -0.4 is 5.32 Å². The fourth-order valence-corrected chi connectivity index (χ4v) is 2.49. The molecule has 2 heterocycles. The van der Waals surface area contributed by atoms with Gasteiger partial charge in [-0.3, -0.25) is 14.5 Å². The Kier molecular flexibility index (Phi) is 5.87. The largest absolute Gasteiger partial charge is 0.469 e. The second kappa shape index (κ2) is 7.87. The summed E-state index contributed by atoms with van der Waals surface area (Å²) in [4.78, 5) is 15.9. The molecule has 0 aromatic carbocycles. The van der Waals surface area contributed by atoms with Crippen molar-refractivity contribution in [2.75, 3.05) is 7.11 Å². The van der Waals surface area contributed by atoms with Gasteiger partial charge < -0.3 is 10.1 Å². The van der Waals surface area contributed by atoms with Crippen molar-refractivity contribution >= 4 is 5.97 Å². The van der Waals surface area contributed by atoms with Crippen LogP contribution in [0.1, 0.15) is 37.8 Å². The average molecular weight is 316 g/mol. The molecule has 23 heavy (non-hydrogen) atoms. The van der Waals surface area contributed by atoms with Crippen molar-refractivity contribution in [3.05, 3.63) is 48.0 Å². The zero-order valence-electron chi connectivity index (χ0n) is 14.0. The number of nitrogens with one attached hydrogen (secondary N) is 1. The number of rotatable bonds is 8. The standard InChI is InChI=1S/C17H24N4O2/c1-4-9-21-13-14(12-20-21)11-19-17(2,10-16(22)23-3)15-5-7-18-8-6-15/h5-8,12-13,19H,4,9-11H2,1-3H3. The number of aromatic nitrogens is 3. The number of carbonyl (C=O) groups excluding carboxylic acids is 1. The molecule has 1 unspecified atom stereocenters. The Bertz CT molecular complexity index is 627. The number of hydrogen-bond acceptors (Lipinski definition) is 5. The summed E-state index contributed by atoms with van der Waals surface area (Å²) in [6, 6.07) is 3.83. The van der Waals surface area contributed by atoms with E-state index in [2.05, 4.69) is 22.3 Å². The summed E-state index contributed by atoms with van der Waals surface area (Å²) >= 11 is 0. The van der Waals surface area contributed by atoms with Crippen LogP contribution in [0.15, 0.2) is 36.9 Å². The van der Waals surface area contributed by atoms with Gasteiger partial charge in [0.2, 0.25) is 0 Å². The van der Waals surface area contributed by atoms with Crippen LogP contribution in [0.4, 0.5) is 0 Å². The predicted molar refractivity (Wildman–Crippen MR) is 87.6 cm³/mol. The summed E-state index contributed by atoms with van der Waals surface area (Å²) in [5, 5.41) is 7.80. The molecule has 1 atom stereocenters. The number of ether oxygens (including phenoxy) is 1. The highest BCUT2D eigenvalue weighted by Crippen LogP contribution is 2.25. The number of methoxy groups -OCH3 is 1. The summed E-state index contributed by atoms with van der Waals surface area (Å²) in [5.41, 5.74) is 1.56. The minimum absolute atomic E-state index is 0.247. The molecule has 0 aliphatic carbocycles. The van der Waals surface area contributed by atoms with Crippen molar-refractivity contribution < 1.29 is 9.53 Å². The Balaban J connectivity index is 2.12. The lowest BCUT2D eigenvalue weighted by Gasteiger charge is -2.30. The highest BCUT2D eigenvalue weighted by molar-refractivity contribution is 5.71. The van der Waals surface area contributed by atoms with Gasteiger partial charge in [0, 0.05) is 37.2 Å². The van der Waals surface area contributed by atoms with Crippen molar-refractivity contribution in [2.45, 2.75) is 45.3 Å². The third-order valence-electron chi connectivity index (χ3n) is 3.87. The Morgan fingerprint density at radius 2 is 2.13 bits per heavy atom. The lowest BCUT2D eigenvalue weighted by Crippen LogP contribution is -2.41. The molecule has 2 aromatic rings. The molecule has 2 aromatic heterocycles. The van der Waals surface area contributed by atoms with Crippen LogP contribution in [0.3, 0.4) is 0 Å². The van der Waals surface area contributed by atoms with E-state index in [9.17, 15) is 4.79 Å². The molecule has 0 bridgehead atoms. The van der Waals surface area contributed by atoms with Gasteiger partial charge in [-0.05, 0) is 31.0 Å². The summed E-state index contributed by atoms with van der Waals surface area (Å²) in [7, 11) is 1.41. The smallest absolute Gasteiger partial charge is 0.307 e. The molecule has 2 rings (SSSR count). The maximum Gasteiger partial charge on any atom is 0.307 e. The molecular weight excluding hydrogens is 292 g/mol. The van der Waals surface area contributed by atoms with Crippen LogP contribution in [0.25, 0.3) is 0 Å². The highest BCUT2D eigenvalue weighted by Gasteiger charge is 2.29. The molecule has 124 valence electrons. The molecule has 6 nitrogen and oxygen atoms in total. The highest BCUT2D eigenvalue weighted by atomic mass is 16.5. The molecule has 1 N–H and O–H groups in total. The first-order chi connectivity index (χ1) is 11.1. The summed E-state index contributed by atoms with van der Waals surface area (Å²) in [6.45, 7) is 5.65. The van der Waals surface area contributed by atoms with Gasteiger partial charge in [0.05, 0.1) is 25.3 Å². The van der Waals surface area contributed by atoms with Gasteiger partial charge in [-0.15, -0.1) is 0 Å². The summed E-state index contributed by atoms with van der Waals surface area (Å²) < 4.78 is 6.78. The Labute approximate surface area is 136 Å². The SMILES string of the molecule is CCCn1cc(CNC(C)(CC(=O)OC)c2ccncc2)cn1. The van der Waals surface area contributed by atoms with E-state index < -0.39 is 5.54 Å². The topological polar surface area (TPSA) is 69.0 Å². The Hall–Kier alpha value is -2.21. The van der Waals surface area contributed by atoms with Crippen LogP contribution in [-0.2, 0) is 28.2 Å². The fourth-order valence-electron chi connectivity index (χ4n) is 2.49. The van der Waals surface area contributed by atoms with Crippen molar-refractivity contribution in [3.63, 3.8) is 0 Å². The normalized spacial score (nSPS) is 13.5. The van der Waals surface area contributed by atoms with E-state index in [1.54, 1.807) is 12.4 Å². The minimum atomic E-state index is -0.525. The first-order valence-corrected chi connectivity index (χ1v) is 7.81. The van der Waals surface area contributed by atoms with Gasteiger partial charge in [0.25, 0.3) is 0 Å². The molecule has 6 heteroatoms. The molecule has 0 fully saturated rings. The fraction of sp³-hybridized carbons (Fsp3) is 0.471. The molecule has 0 amide bonds. The van der Waals surface area contributed by atoms with Gasteiger partial charge >= 0.3 is 5.97 Å². The van der Waals surface area contributed by atoms with Crippen LogP contribution in [0, 0.1) is 0 Å². The van der Waals surface area contributed by atoms with E-state index >= 15 is 0 Å². The van der Waals surface area contributed by atoms with Crippen LogP contribution >= 0.6 is 0 Å². The summed E-state index contributed by atoms with van der Waals surface area (Å²) in [6.07, 6.45) is 8.63. The quantitative estimate of drug-likeness (QED) is 0.757. The molecule has 0 aliphatic heterocycles. The molecular formula is C17H24N4O2. The second-order valence-corrected chi connectivity index (χ2v) is 5.79. The number of aryl methyl sites for hydroxylation is 1. The first-order valence-electron chi connectivity index (χ1n) is 7.81. The van der Waals surface area contributed by atoms with Crippen LogP contribution in [-0.4, -0.2) is 27.8 Å². The lowest BCUT2D eigenvalue weighted by molar-refractivity contribution is -0.142. The maximum absolute atomic E-state index is 11.8. The van der Waals surface area contributed by atoms with E-state index in [1.165, 1.54) is 7.11 Å². The zero-order chi connectivity index (χ0) is 16.7. The lowest BCUT2D eigenvalue weighted by atomic mass is 9.89. The van der Waals surface area contributed by atoms with Gasteiger partial charge in [-0.25, -0.2) is 0 Å². The first kappa shape index (κ1) is 17.1. The Morgan fingerprint density at radius 3 is 2.78 bits per heavy atom. The van der Waals surface area contributed by atoms with Gasteiger partial charge in [0.15, 0.2) is 0 Å². The van der Waals surface area contributed by atoms with Crippen molar-refractivity contribution in [1.82, 2.24) is 20.1 Å². The molecule has 0 radical (unpaired) electrons. The molecule has 0 aliphatic rings. The maximum atomic E-state index is 11.8. The van der Waals surface area contributed by atoms with Crippen LogP contribution in [0.5, 0.6) is 0 Å². The molecule has 0 saturated carbocycles. The minimum Gasteiger partial charge on any atom is -0.469 e. The molecule has 0 saturated heterocycles. The third-order valence-corrected chi connectivity index (χ3v) is 3.87. The monoisotopic (exact) mass is 316 g/mol. The number of nitrogens with zero attached hydrogens (tertiary/aromatic N) is 3. The van der Waals surface area contributed by atoms with E-state index in [0.717, 1.165) is 24.1 Å². The van der Waals surface area contributed by atoms with Crippen LogP contribution in [0.2, 0.25) is 0 Å². The number of pyridine rings is 1. The molecule has 0 spiro atoms. The van der Waals surface area contributed by atoms with Gasteiger partial charge in [0.1, 0.15) is 0 Å². The van der Waals surface area contributed by atoms with Crippen molar-refractivity contribution in [1.29, 1.82) is 0 Å². The summed E-state index contributed by atoms with van der Waals surface area (Å²) in [5.74, 6) is -0.251. The zero-order valence-corrected chi connectivity index (χ0v) is 14.0.